The molecule has 0 radical (unpaired) electrons. The van der Waals surface area contributed by atoms with Gasteiger partial charge in [0.15, 0.2) is 5.96 Å². The first-order chi connectivity index (χ1) is 15.9. The Hall–Kier alpha value is -3.46. The van der Waals surface area contributed by atoms with Crippen LogP contribution in [0.3, 0.4) is 0 Å². The number of aliphatic imine (C=N–C) groups is 1. The molecule has 0 aromatic heterocycles. The van der Waals surface area contributed by atoms with Crippen LogP contribution < -0.4 is 38.9 Å². The summed E-state index contributed by atoms with van der Waals surface area (Å²) in [5, 5.41) is 25.2. The minimum absolute atomic E-state index is 0.0261. The van der Waals surface area contributed by atoms with E-state index in [1.54, 1.807) is 0 Å². The molecule has 13 N–H and O–H groups in total. The van der Waals surface area contributed by atoms with Gasteiger partial charge in [0.05, 0.1) is 12.5 Å². The van der Waals surface area contributed by atoms with Crippen LogP contribution in [0.2, 0.25) is 0 Å². The molecule has 0 aliphatic rings. The molecule has 194 valence electrons. The molecule has 34 heavy (non-hydrogen) atoms. The zero-order valence-electron chi connectivity index (χ0n) is 19.2. The van der Waals surface area contributed by atoms with Crippen molar-refractivity contribution in [1.29, 1.82) is 0 Å². The summed E-state index contributed by atoms with van der Waals surface area (Å²) in [5.41, 5.74) is 21.5. The van der Waals surface area contributed by atoms with Crippen LogP contribution in [-0.4, -0.2) is 83.1 Å². The highest BCUT2D eigenvalue weighted by atomic mass is 16.4. The number of nitrogens with zero attached hydrogens (tertiary/aromatic N) is 1. The molecule has 0 saturated heterocycles. The Morgan fingerprint density at radius 2 is 1.47 bits per heavy atom. The van der Waals surface area contributed by atoms with Crippen molar-refractivity contribution in [2.24, 2.45) is 27.9 Å². The third-order valence-corrected chi connectivity index (χ3v) is 4.63. The quantitative estimate of drug-likeness (QED) is 0.0550. The third kappa shape index (κ3) is 13.2. The number of carbonyl (C=O) groups is 5. The van der Waals surface area contributed by atoms with Gasteiger partial charge in [0.2, 0.25) is 17.7 Å². The second kappa shape index (κ2) is 16.2. The van der Waals surface area contributed by atoms with Crippen LogP contribution in [0.25, 0.3) is 0 Å². The van der Waals surface area contributed by atoms with Crippen LogP contribution in [-0.2, 0) is 24.0 Å². The van der Waals surface area contributed by atoms with Crippen molar-refractivity contribution in [1.82, 2.24) is 16.0 Å². The van der Waals surface area contributed by atoms with Gasteiger partial charge < -0.3 is 49.1 Å². The van der Waals surface area contributed by atoms with E-state index in [4.69, 9.17) is 28.0 Å². The lowest BCUT2D eigenvalue weighted by atomic mass is 10.1. The van der Waals surface area contributed by atoms with Crippen molar-refractivity contribution in [2.75, 3.05) is 13.1 Å². The lowest BCUT2D eigenvalue weighted by molar-refractivity contribution is -0.143. The predicted octanol–water partition coefficient (Wildman–Crippen LogP) is -3.47. The summed E-state index contributed by atoms with van der Waals surface area (Å²) in [6.07, 6.45) is 1.08. The van der Waals surface area contributed by atoms with Crippen LogP contribution >= 0.6 is 0 Å². The maximum Gasteiger partial charge on any atom is 0.326 e. The average molecular weight is 489 g/mol. The zero-order chi connectivity index (χ0) is 26.3. The van der Waals surface area contributed by atoms with Gasteiger partial charge in [-0.25, -0.2) is 4.79 Å². The Morgan fingerprint density at radius 1 is 0.853 bits per heavy atom. The van der Waals surface area contributed by atoms with E-state index >= 15 is 0 Å². The summed E-state index contributed by atoms with van der Waals surface area (Å²) >= 11 is 0. The Balaban J connectivity index is 4.99. The maximum atomic E-state index is 12.5. The number of guanidine groups is 1. The van der Waals surface area contributed by atoms with Crippen molar-refractivity contribution in [2.45, 2.75) is 69.6 Å². The average Bonchev–Trinajstić information content (AvgIpc) is 2.74. The highest BCUT2D eigenvalue weighted by Crippen LogP contribution is 2.02. The molecular formula is C19H36N8O7. The SMILES string of the molecule is CC(NC(=O)C(CC(=O)O)NC(=O)C(N)CCCCN)C(=O)NC(CCCN=C(N)N)C(=O)O. The Bertz CT molecular complexity index is 742. The van der Waals surface area contributed by atoms with E-state index in [9.17, 15) is 29.1 Å². The monoisotopic (exact) mass is 488 g/mol. The van der Waals surface area contributed by atoms with Gasteiger partial charge in [-0.05, 0) is 39.2 Å². The molecule has 3 amide bonds. The second-order valence-electron chi connectivity index (χ2n) is 7.63. The van der Waals surface area contributed by atoms with Gasteiger partial charge in [-0.3, -0.25) is 24.2 Å². The number of carboxylic acids is 2. The van der Waals surface area contributed by atoms with Gasteiger partial charge in [0.25, 0.3) is 0 Å². The first-order valence-corrected chi connectivity index (χ1v) is 10.8. The van der Waals surface area contributed by atoms with Crippen molar-refractivity contribution in [3.8, 4) is 0 Å². The smallest absolute Gasteiger partial charge is 0.326 e. The number of nitrogens with one attached hydrogen (secondary N) is 3. The molecule has 15 heteroatoms. The van der Waals surface area contributed by atoms with Gasteiger partial charge in [-0.2, -0.15) is 0 Å². The molecule has 0 spiro atoms. The van der Waals surface area contributed by atoms with E-state index in [0.717, 1.165) is 0 Å². The van der Waals surface area contributed by atoms with Crippen molar-refractivity contribution in [3.05, 3.63) is 0 Å². The number of carboxylic acid groups (broad SMARTS) is 2. The van der Waals surface area contributed by atoms with E-state index in [0.29, 0.717) is 25.8 Å². The molecule has 4 unspecified atom stereocenters. The number of hydrogen-bond donors (Lipinski definition) is 9. The van der Waals surface area contributed by atoms with E-state index in [1.165, 1.54) is 6.92 Å². The number of amides is 3. The number of aliphatic carboxylic acids is 2. The highest BCUT2D eigenvalue weighted by molar-refractivity contribution is 5.95. The van der Waals surface area contributed by atoms with Gasteiger partial charge in [-0.15, -0.1) is 0 Å². The maximum absolute atomic E-state index is 12.5. The number of unbranched alkanes of at least 4 members (excludes halogenated alkanes) is 1. The molecule has 0 aromatic rings. The first kappa shape index (κ1) is 30.5. The van der Waals surface area contributed by atoms with Gasteiger partial charge in [0.1, 0.15) is 18.1 Å². The lowest BCUT2D eigenvalue weighted by Crippen LogP contribution is -2.56. The van der Waals surface area contributed by atoms with Crippen LogP contribution in [0.15, 0.2) is 4.99 Å². The summed E-state index contributed by atoms with van der Waals surface area (Å²) < 4.78 is 0. The van der Waals surface area contributed by atoms with Crippen molar-refractivity contribution >= 4 is 35.6 Å². The Labute approximate surface area is 197 Å². The topological polar surface area (TPSA) is 278 Å². The van der Waals surface area contributed by atoms with E-state index in [-0.39, 0.29) is 25.3 Å². The number of rotatable bonds is 17. The van der Waals surface area contributed by atoms with Crippen LogP contribution in [0, 0.1) is 0 Å². The van der Waals surface area contributed by atoms with Gasteiger partial charge >= 0.3 is 11.9 Å². The molecule has 0 heterocycles. The predicted molar refractivity (Wildman–Crippen MR) is 122 cm³/mol. The molecule has 0 aromatic carbocycles. The summed E-state index contributed by atoms with van der Waals surface area (Å²) in [7, 11) is 0. The zero-order valence-corrected chi connectivity index (χ0v) is 19.2. The minimum Gasteiger partial charge on any atom is -0.481 e. The standard InChI is InChI=1S/C19H36N8O7/c1-10(15(30)26-12(18(33)34)6-4-8-24-19(22)23)25-17(32)13(9-14(28)29)27-16(31)11(21)5-2-3-7-20/h10-13H,2-9,20-21H2,1H3,(H,25,32)(H,26,30)(H,27,31)(H,28,29)(H,33,34)(H4,22,23,24). The van der Waals surface area contributed by atoms with Crippen LogP contribution in [0.4, 0.5) is 0 Å². The number of nitrogens with two attached hydrogens (primary N) is 4. The van der Waals surface area contributed by atoms with E-state index < -0.39 is 60.2 Å². The van der Waals surface area contributed by atoms with Crippen LogP contribution in [0.5, 0.6) is 0 Å². The fourth-order valence-electron chi connectivity index (χ4n) is 2.74. The van der Waals surface area contributed by atoms with Crippen LogP contribution in [0.1, 0.15) is 45.4 Å². The summed E-state index contributed by atoms with van der Waals surface area (Å²) in [6, 6.07) is -4.94. The summed E-state index contributed by atoms with van der Waals surface area (Å²) in [5.74, 6) is -5.28. The summed E-state index contributed by atoms with van der Waals surface area (Å²) in [6.45, 7) is 1.88. The Kier molecular flexibility index (Phi) is 14.6. The van der Waals surface area contributed by atoms with E-state index in [2.05, 4.69) is 20.9 Å². The minimum atomic E-state index is -1.49. The third-order valence-electron chi connectivity index (χ3n) is 4.63. The molecule has 0 rings (SSSR count). The normalized spacial score (nSPS) is 14.1. The fourth-order valence-corrected chi connectivity index (χ4v) is 2.74. The first-order valence-electron chi connectivity index (χ1n) is 10.8. The number of hydrogen-bond acceptors (Lipinski definition) is 8. The molecule has 0 saturated carbocycles. The fraction of sp³-hybridized carbons (Fsp3) is 0.684. The largest absolute Gasteiger partial charge is 0.481 e. The van der Waals surface area contributed by atoms with Crippen molar-refractivity contribution < 1.29 is 34.2 Å². The molecule has 15 nitrogen and oxygen atoms in total. The lowest BCUT2D eigenvalue weighted by Gasteiger charge is -2.22. The number of carbonyl (C=O) groups excluding carboxylic acids is 3. The second-order valence-corrected chi connectivity index (χ2v) is 7.63. The van der Waals surface area contributed by atoms with Gasteiger partial charge in [0, 0.05) is 6.54 Å². The molecule has 0 bridgehead atoms. The molecule has 4 atom stereocenters. The van der Waals surface area contributed by atoms with Crippen molar-refractivity contribution in [3.63, 3.8) is 0 Å². The molecule has 0 aliphatic carbocycles. The highest BCUT2D eigenvalue weighted by Gasteiger charge is 2.29. The molecule has 0 fully saturated rings. The molecular weight excluding hydrogens is 452 g/mol. The Morgan fingerprint density at radius 3 is 2.00 bits per heavy atom. The van der Waals surface area contributed by atoms with Gasteiger partial charge in [-0.1, -0.05) is 6.42 Å². The van der Waals surface area contributed by atoms with E-state index in [1.807, 2.05) is 0 Å². The summed E-state index contributed by atoms with van der Waals surface area (Å²) in [4.78, 5) is 63.4. The molecule has 0 aliphatic heterocycles.